The van der Waals surface area contributed by atoms with E-state index in [-0.39, 0.29) is 12.2 Å². The second-order valence-corrected chi connectivity index (χ2v) is 11.5. The number of amides is 2. The van der Waals surface area contributed by atoms with Crippen LogP contribution in [0, 0.1) is 0 Å². The van der Waals surface area contributed by atoms with E-state index in [1.54, 1.807) is 12.1 Å². The normalized spacial score (nSPS) is 15.0. The minimum Gasteiger partial charge on any atom is -0.393 e. The first-order valence-corrected chi connectivity index (χ1v) is 15.7. The molecule has 3 unspecified atom stereocenters. The molecule has 0 aliphatic heterocycles. The molecule has 1 aromatic rings. The minimum atomic E-state index is -3.03. The zero-order valence-corrected chi connectivity index (χ0v) is 25.6. The quantitative estimate of drug-likeness (QED) is 0.0885. The Morgan fingerprint density at radius 3 is 1.71 bits per heavy atom. The van der Waals surface area contributed by atoms with Crippen LogP contribution in [-0.2, 0) is 14.4 Å². The molecule has 9 heteroatoms. The van der Waals surface area contributed by atoms with Crippen LogP contribution in [0.5, 0.6) is 0 Å². The van der Waals surface area contributed by atoms with E-state index in [1.165, 1.54) is 96.2 Å². The molecule has 0 aliphatic carbocycles. The lowest BCUT2D eigenvalue weighted by Crippen LogP contribution is -2.70. The van der Waals surface area contributed by atoms with Gasteiger partial charge in [0.25, 0.3) is 17.4 Å². The van der Waals surface area contributed by atoms with Crippen molar-refractivity contribution in [3.63, 3.8) is 0 Å². The number of rotatable bonds is 24. The van der Waals surface area contributed by atoms with Gasteiger partial charge in [-0.05, 0) is 32.4 Å². The Hall–Kier alpha value is -2.36. The maximum absolute atomic E-state index is 13.1. The molecular formula is C32H55N3O6. The Balaban J connectivity index is 2.37. The number of nitrogens with zero attached hydrogens (tertiary/aromatic N) is 1. The topological polar surface area (TPSA) is 149 Å². The summed E-state index contributed by atoms with van der Waals surface area (Å²) in [6, 6.07) is 3.55. The van der Waals surface area contributed by atoms with Gasteiger partial charge >= 0.3 is 0 Å². The molecule has 1 aromatic heterocycles. The second kappa shape index (κ2) is 20.5. The van der Waals surface area contributed by atoms with Crippen molar-refractivity contribution in [3.05, 3.63) is 30.1 Å². The molecule has 0 aromatic carbocycles. The summed E-state index contributed by atoms with van der Waals surface area (Å²) in [6.45, 7) is 3.62. The van der Waals surface area contributed by atoms with Crippen LogP contribution in [0.2, 0.25) is 0 Å². The predicted octanol–water partition coefficient (Wildman–Crippen LogP) is 4.68. The highest BCUT2D eigenvalue weighted by Gasteiger charge is 2.58. The monoisotopic (exact) mass is 577 g/mol. The summed E-state index contributed by atoms with van der Waals surface area (Å²) in [5, 5.41) is 36.2. The van der Waals surface area contributed by atoms with Crippen molar-refractivity contribution < 1.29 is 29.7 Å². The third-order valence-electron chi connectivity index (χ3n) is 7.73. The zero-order chi connectivity index (χ0) is 30.6. The number of ketones is 1. The van der Waals surface area contributed by atoms with Crippen LogP contribution in [0.1, 0.15) is 135 Å². The lowest BCUT2D eigenvalue weighted by molar-refractivity contribution is -0.189. The van der Waals surface area contributed by atoms with E-state index < -0.39 is 41.4 Å². The summed E-state index contributed by atoms with van der Waals surface area (Å²) in [6.07, 6.45) is 21.0. The van der Waals surface area contributed by atoms with E-state index in [9.17, 15) is 29.7 Å². The molecule has 0 spiro atoms. The smallest absolute Gasteiger partial charge is 0.265 e. The second-order valence-electron chi connectivity index (χ2n) is 11.5. The van der Waals surface area contributed by atoms with Gasteiger partial charge in [0.05, 0.1) is 12.3 Å². The van der Waals surface area contributed by atoms with Crippen LogP contribution in [0.25, 0.3) is 0 Å². The zero-order valence-electron chi connectivity index (χ0n) is 25.6. The fourth-order valence-corrected chi connectivity index (χ4v) is 4.88. The molecule has 1 rings (SSSR count). The maximum atomic E-state index is 13.1. The molecule has 234 valence electrons. The van der Waals surface area contributed by atoms with E-state index in [4.69, 9.17) is 0 Å². The number of aliphatic hydroxyl groups excluding tert-OH is 1. The number of hydrogen-bond donors (Lipinski definition) is 5. The average Bonchev–Trinajstić information content (AvgIpc) is 2.96. The Morgan fingerprint density at radius 2 is 1.29 bits per heavy atom. The molecule has 0 saturated heterocycles. The molecule has 0 bridgehead atoms. The van der Waals surface area contributed by atoms with Crippen molar-refractivity contribution >= 4 is 17.6 Å². The molecule has 0 fully saturated rings. The maximum Gasteiger partial charge on any atom is 0.265 e. The number of hydrogen-bond acceptors (Lipinski definition) is 7. The van der Waals surface area contributed by atoms with Crippen molar-refractivity contribution in [2.75, 3.05) is 13.2 Å². The van der Waals surface area contributed by atoms with Gasteiger partial charge < -0.3 is 26.0 Å². The minimum absolute atomic E-state index is 0.199. The van der Waals surface area contributed by atoms with Crippen molar-refractivity contribution in [1.29, 1.82) is 0 Å². The first-order valence-electron chi connectivity index (χ1n) is 15.7. The molecule has 3 atom stereocenters. The highest BCUT2D eigenvalue weighted by molar-refractivity contribution is 6.10. The van der Waals surface area contributed by atoms with Crippen molar-refractivity contribution in [2.45, 2.75) is 141 Å². The summed E-state index contributed by atoms with van der Waals surface area (Å²) in [5.74, 6) is -2.91. The van der Waals surface area contributed by atoms with E-state index in [0.29, 0.717) is 6.42 Å². The van der Waals surface area contributed by atoms with E-state index in [2.05, 4.69) is 22.5 Å². The number of aromatic nitrogens is 1. The number of pyridine rings is 1. The van der Waals surface area contributed by atoms with E-state index in [1.807, 2.05) is 0 Å². The van der Waals surface area contributed by atoms with Crippen LogP contribution in [0.3, 0.4) is 0 Å². The fraction of sp³-hybridized carbons (Fsp3) is 0.750. The summed E-state index contributed by atoms with van der Waals surface area (Å²) >= 11 is 0. The van der Waals surface area contributed by atoms with E-state index in [0.717, 1.165) is 26.2 Å². The third-order valence-corrected chi connectivity index (χ3v) is 7.73. The molecule has 9 nitrogen and oxygen atoms in total. The average molecular weight is 578 g/mol. The summed E-state index contributed by atoms with van der Waals surface area (Å²) in [7, 11) is 0. The number of nitrogens with one attached hydrogen (secondary N) is 2. The standard InChI is InChI=1S/C32H55N3O6/c1-4-5-6-7-8-9-10-11-12-13-14-15-16-17-18-20-24-34-29(38)32(41,31(3,40)25-36)30(39)35-28(26(2)37)27-22-19-21-23-33-27/h19,21-23,28,36,40-41H,4-18,20,24-25H2,1-3H3,(H,34,38)(H,35,39). The molecule has 0 aliphatic rings. The lowest BCUT2D eigenvalue weighted by Gasteiger charge is -2.37. The van der Waals surface area contributed by atoms with Gasteiger partial charge in [0, 0.05) is 12.7 Å². The summed E-state index contributed by atoms with van der Waals surface area (Å²) in [4.78, 5) is 42.3. The summed E-state index contributed by atoms with van der Waals surface area (Å²) < 4.78 is 0. The molecule has 0 radical (unpaired) electrons. The van der Waals surface area contributed by atoms with Crippen LogP contribution in [0.15, 0.2) is 24.4 Å². The first kappa shape index (κ1) is 36.7. The first-order chi connectivity index (χ1) is 19.6. The highest BCUT2D eigenvalue weighted by Crippen LogP contribution is 2.25. The Labute approximate surface area is 246 Å². The van der Waals surface area contributed by atoms with Gasteiger partial charge in [0.15, 0.2) is 5.78 Å². The Morgan fingerprint density at radius 1 is 0.805 bits per heavy atom. The van der Waals surface area contributed by atoms with Crippen molar-refractivity contribution in [1.82, 2.24) is 15.6 Å². The van der Waals surface area contributed by atoms with Crippen molar-refractivity contribution in [2.24, 2.45) is 0 Å². The van der Waals surface area contributed by atoms with Gasteiger partial charge in [0.2, 0.25) is 0 Å². The van der Waals surface area contributed by atoms with Crippen LogP contribution in [0.4, 0.5) is 0 Å². The Bertz CT molecular complexity index is 879. The van der Waals surface area contributed by atoms with E-state index >= 15 is 0 Å². The molecule has 0 saturated carbocycles. The van der Waals surface area contributed by atoms with Crippen LogP contribution < -0.4 is 10.6 Å². The van der Waals surface area contributed by atoms with Crippen molar-refractivity contribution in [3.8, 4) is 0 Å². The fourth-order valence-electron chi connectivity index (χ4n) is 4.88. The number of aliphatic hydroxyl groups is 3. The molecule has 41 heavy (non-hydrogen) atoms. The van der Waals surface area contributed by atoms with Gasteiger partial charge in [-0.2, -0.15) is 0 Å². The van der Waals surface area contributed by atoms with Crippen LogP contribution >= 0.6 is 0 Å². The number of carbonyl (C=O) groups excluding carboxylic acids is 3. The highest BCUT2D eigenvalue weighted by atomic mass is 16.4. The van der Waals surface area contributed by atoms with Gasteiger partial charge in [0.1, 0.15) is 11.6 Å². The molecular weight excluding hydrogens is 522 g/mol. The number of carbonyl (C=O) groups is 3. The third kappa shape index (κ3) is 13.0. The molecule has 2 amide bonds. The van der Waals surface area contributed by atoms with Crippen LogP contribution in [-0.4, -0.2) is 62.3 Å². The summed E-state index contributed by atoms with van der Waals surface area (Å²) in [5.41, 5.74) is -5.31. The predicted molar refractivity (Wildman–Crippen MR) is 161 cm³/mol. The Kier molecular flexibility index (Phi) is 18.3. The van der Waals surface area contributed by atoms with Gasteiger partial charge in [-0.1, -0.05) is 109 Å². The van der Waals surface area contributed by atoms with Gasteiger partial charge in [-0.25, -0.2) is 0 Å². The number of unbranched alkanes of at least 4 members (excludes halogenated alkanes) is 15. The largest absolute Gasteiger partial charge is 0.393 e. The van der Waals surface area contributed by atoms with Gasteiger partial charge in [-0.15, -0.1) is 0 Å². The van der Waals surface area contributed by atoms with Gasteiger partial charge in [-0.3, -0.25) is 19.4 Å². The molecule has 5 N–H and O–H groups in total. The SMILES string of the molecule is CCCCCCCCCCCCCCCCCCNC(=O)C(O)(C(=O)NC(C(C)=O)c1ccccn1)C(C)(O)CO. The molecule has 1 heterocycles. The lowest BCUT2D eigenvalue weighted by atomic mass is 9.82. The number of Topliss-reactive ketones (excluding diaryl/α,β-unsaturated/α-hetero) is 1.